The molecule has 1 saturated heterocycles. The number of anilines is 1. The molecule has 0 bridgehead atoms. The highest BCUT2D eigenvalue weighted by molar-refractivity contribution is 5.98. The van der Waals surface area contributed by atoms with Crippen molar-refractivity contribution >= 4 is 17.3 Å². The second-order valence-electron chi connectivity index (χ2n) is 6.87. The van der Waals surface area contributed by atoms with Crippen LogP contribution >= 0.6 is 0 Å². The molecular formula is C20H21N3O4. The molecule has 7 heteroatoms. The fourth-order valence-electron chi connectivity index (χ4n) is 3.72. The van der Waals surface area contributed by atoms with Crippen LogP contribution in [0.25, 0.3) is 0 Å². The van der Waals surface area contributed by atoms with Gasteiger partial charge in [-0.1, -0.05) is 25.0 Å². The number of rotatable bonds is 3. The molecule has 27 heavy (non-hydrogen) atoms. The molecule has 1 unspecified atom stereocenters. The maximum absolute atomic E-state index is 12.5. The molecule has 0 spiro atoms. The summed E-state index contributed by atoms with van der Waals surface area (Å²) in [6.07, 6.45) is 3.77. The summed E-state index contributed by atoms with van der Waals surface area (Å²) in [6, 6.07) is 11.8. The molecule has 0 radical (unpaired) electrons. The maximum Gasteiger partial charge on any atom is 0.270 e. The van der Waals surface area contributed by atoms with Crippen molar-refractivity contribution in [3.05, 3.63) is 63.7 Å². The number of nitrogens with one attached hydrogen (secondary N) is 1. The third-order valence-corrected chi connectivity index (χ3v) is 5.09. The Morgan fingerprint density at radius 3 is 2.56 bits per heavy atom. The summed E-state index contributed by atoms with van der Waals surface area (Å²) in [4.78, 5) is 25.6. The van der Waals surface area contributed by atoms with Gasteiger partial charge >= 0.3 is 0 Å². The van der Waals surface area contributed by atoms with Gasteiger partial charge in [0, 0.05) is 36.5 Å². The predicted octanol–water partition coefficient (Wildman–Crippen LogP) is 3.80. The lowest BCUT2D eigenvalue weighted by molar-refractivity contribution is -0.385. The highest BCUT2D eigenvalue weighted by Gasteiger charge is 2.30. The molecule has 2 aromatic carbocycles. The Labute approximate surface area is 157 Å². The normalized spacial score (nSPS) is 19.5. The van der Waals surface area contributed by atoms with Crippen LogP contribution in [-0.4, -0.2) is 23.9 Å². The number of nitro groups is 1. The van der Waals surface area contributed by atoms with E-state index >= 15 is 0 Å². The van der Waals surface area contributed by atoms with Gasteiger partial charge in [-0.05, 0) is 31.0 Å². The minimum Gasteiger partial charge on any atom is -0.465 e. The molecule has 1 N–H and O–H groups in total. The van der Waals surface area contributed by atoms with Gasteiger partial charge < -0.3 is 15.0 Å². The van der Waals surface area contributed by atoms with Crippen LogP contribution in [0.5, 0.6) is 5.75 Å². The van der Waals surface area contributed by atoms with E-state index in [2.05, 4.69) is 10.2 Å². The van der Waals surface area contributed by atoms with Gasteiger partial charge in [0.2, 0.25) is 6.23 Å². The van der Waals surface area contributed by atoms with E-state index in [1.807, 2.05) is 0 Å². The number of hydrogen-bond acceptors (Lipinski definition) is 5. The summed E-state index contributed by atoms with van der Waals surface area (Å²) in [7, 11) is 0. The molecule has 0 aliphatic carbocycles. The van der Waals surface area contributed by atoms with Crippen LogP contribution in [-0.2, 0) is 0 Å². The standard InChI is InChI=1S/C20H21N3O4/c24-19-15-7-3-4-8-18(15)27-20(21-19)16-13-14(23(25)26)9-10-17(16)22-11-5-1-2-6-12-22/h3-4,7-10,13,20H,1-2,5-6,11-12H2,(H,21,24). The van der Waals surface area contributed by atoms with E-state index in [9.17, 15) is 14.9 Å². The van der Waals surface area contributed by atoms with Crippen molar-refractivity contribution in [2.24, 2.45) is 0 Å². The molecule has 1 atom stereocenters. The van der Waals surface area contributed by atoms with E-state index in [-0.39, 0.29) is 11.6 Å². The van der Waals surface area contributed by atoms with Crippen molar-refractivity contribution in [3.63, 3.8) is 0 Å². The highest BCUT2D eigenvalue weighted by Crippen LogP contribution is 2.36. The quantitative estimate of drug-likeness (QED) is 0.659. The van der Waals surface area contributed by atoms with Gasteiger partial charge in [-0.3, -0.25) is 14.9 Å². The number of carbonyl (C=O) groups is 1. The van der Waals surface area contributed by atoms with Crippen LogP contribution in [0.1, 0.15) is 47.8 Å². The molecular weight excluding hydrogens is 346 g/mol. The van der Waals surface area contributed by atoms with Gasteiger partial charge in [0.25, 0.3) is 11.6 Å². The van der Waals surface area contributed by atoms with Gasteiger partial charge in [-0.2, -0.15) is 0 Å². The van der Waals surface area contributed by atoms with Gasteiger partial charge in [-0.15, -0.1) is 0 Å². The Morgan fingerprint density at radius 1 is 1.07 bits per heavy atom. The predicted molar refractivity (Wildman–Crippen MR) is 101 cm³/mol. The summed E-state index contributed by atoms with van der Waals surface area (Å²) in [5, 5.41) is 14.1. The molecule has 4 rings (SSSR count). The van der Waals surface area contributed by atoms with Crippen molar-refractivity contribution in [2.45, 2.75) is 31.9 Å². The van der Waals surface area contributed by atoms with Gasteiger partial charge in [0.15, 0.2) is 0 Å². The zero-order valence-corrected chi connectivity index (χ0v) is 14.9. The number of hydrogen-bond donors (Lipinski definition) is 1. The smallest absolute Gasteiger partial charge is 0.270 e. The Kier molecular flexibility index (Phi) is 4.66. The molecule has 7 nitrogen and oxygen atoms in total. The molecule has 0 saturated carbocycles. The van der Waals surface area contributed by atoms with Crippen LogP contribution < -0.4 is 15.0 Å². The van der Waals surface area contributed by atoms with Gasteiger partial charge in [0.05, 0.1) is 10.5 Å². The van der Waals surface area contributed by atoms with E-state index in [1.54, 1.807) is 30.3 Å². The number of fused-ring (bicyclic) bond motifs is 1. The average molecular weight is 367 g/mol. The van der Waals surface area contributed by atoms with Gasteiger partial charge in [0.1, 0.15) is 5.75 Å². The van der Waals surface area contributed by atoms with E-state index in [0.29, 0.717) is 16.9 Å². The fraction of sp³-hybridized carbons (Fsp3) is 0.350. The van der Waals surface area contributed by atoms with Crippen LogP contribution in [0.4, 0.5) is 11.4 Å². The van der Waals surface area contributed by atoms with Crippen molar-refractivity contribution < 1.29 is 14.5 Å². The Hall–Kier alpha value is -3.09. The minimum absolute atomic E-state index is 0.0136. The summed E-state index contributed by atoms with van der Waals surface area (Å²) < 4.78 is 6.00. The van der Waals surface area contributed by atoms with Crippen molar-refractivity contribution in [1.82, 2.24) is 5.32 Å². The number of ether oxygens (including phenoxy) is 1. The Balaban J connectivity index is 1.74. The maximum atomic E-state index is 12.5. The summed E-state index contributed by atoms with van der Waals surface area (Å²) in [5.41, 5.74) is 1.96. The Morgan fingerprint density at radius 2 is 1.81 bits per heavy atom. The van der Waals surface area contributed by atoms with Crippen molar-refractivity contribution in [3.8, 4) is 5.75 Å². The summed E-state index contributed by atoms with van der Waals surface area (Å²) in [6.45, 7) is 1.78. The number of nitro benzene ring substituents is 1. The van der Waals surface area contributed by atoms with Crippen LogP contribution in [0.2, 0.25) is 0 Å². The van der Waals surface area contributed by atoms with Gasteiger partial charge in [-0.25, -0.2) is 0 Å². The van der Waals surface area contributed by atoms with E-state index in [4.69, 9.17) is 4.74 Å². The number of para-hydroxylation sites is 1. The van der Waals surface area contributed by atoms with Crippen molar-refractivity contribution in [2.75, 3.05) is 18.0 Å². The van der Waals surface area contributed by atoms with Crippen molar-refractivity contribution in [1.29, 1.82) is 0 Å². The Bertz CT molecular complexity index is 875. The third-order valence-electron chi connectivity index (χ3n) is 5.09. The van der Waals surface area contributed by atoms with Crippen LogP contribution in [0.3, 0.4) is 0 Å². The molecule has 0 aromatic heterocycles. The first-order valence-electron chi connectivity index (χ1n) is 9.23. The number of non-ortho nitro benzene ring substituents is 1. The first kappa shape index (κ1) is 17.3. The zero-order valence-electron chi connectivity index (χ0n) is 14.9. The van der Waals surface area contributed by atoms with E-state index in [1.165, 1.54) is 25.0 Å². The zero-order chi connectivity index (χ0) is 18.8. The molecule has 1 fully saturated rings. The van der Waals surface area contributed by atoms with Crippen LogP contribution in [0.15, 0.2) is 42.5 Å². The lowest BCUT2D eigenvalue weighted by Crippen LogP contribution is -2.38. The SMILES string of the molecule is O=C1NC(c2cc([N+](=O)[O-])ccc2N2CCCCCC2)Oc2ccccc21. The largest absolute Gasteiger partial charge is 0.465 e. The monoisotopic (exact) mass is 367 g/mol. The number of carbonyl (C=O) groups excluding carboxylic acids is 1. The topological polar surface area (TPSA) is 84.7 Å². The van der Waals surface area contributed by atoms with E-state index < -0.39 is 11.2 Å². The number of nitrogens with zero attached hydrogens (tertiary/aromatic N) is 2. The molecule has 2 aromatic rings. The lowest BCUT2D eigenvalue weighted by Gasteiger charge is -2.31. The minimum atomic E-state index is -0.759. The number of benzene rings is 2. The fourth-order valence-corrected chi connectivity index (χ4v) is 3.72. The number of amides is 1. The average Bonchev–Trinajstić information content (AvgIpc) is 2.97. The second-order valence-corrected chi connectivity index (χ2v) is 6.87. The molecule has 1 amide bonds. The summed E-state index contributed by atoms with van der Waals surface area (Å²) >= 11 is 0. The van der Waals surface area contributed by atoms with Crippen LogP contribution in [0, 0.1) is 10.1 Å². The van der Waals surface area contributed by atoms with E-state index in [0.717, 1.165) is 31.6 Å². The second kappa shape index (κ2) is 7.26. The molecule has 2 aliphatic heterocycles. The molecule has 140 valence electrons. The lowest BCUT2D eigenvalue weighted by atomic mass is 10.1. The highest BCUT2D eigenvalue weighted by atomic mass is 16.6. The molecule has 2 heterocycles. The first-order chi connectivity index (χ1) is 13.1. The summed E-state index contributed by atoms with van der Waals surface area (Å²) in [5.74, 6) is 0.245. The third kappa shape index (κ3) is 3.45. The first-order valence-corrected chi connectivity index (χ1v) is 9.23. The molecule has 2 aliphatic rings.